The summed E-state index contributed by atoms with van der Waals surface area (Å²) < 4.78 is 44.8. The van der Waals surface area contributed by atoms with Crippen LogP contribution >= 0.6 is 11.6 Å². The molecule has 0 spiro atoms. The molecule has 1 heterocycles. The van der Waals surface area contributed by atoms with Crippen LogP contribution in [0.5, 0.6) is 11.6 Å². The Bertz CT molecular complexity index is 398. The number of aliphatic hydroxyl groups excluding tert-OH is 1. The lowest BCUT2D eigenvalue weighted by atomic mass is 10.2. The Morgan fingerprint density at radius 3 is 2.53 bits per heavy atom. The minimum absolute atomic E-state index is 0.102. The van der Waals surface area contributed by atoms with Crippen LogP contribution in [0.25, 0.3) is 0 Å². The van der Waals surface area contributed by atoms with Crippen molar-refractivity contribution in [3.63, 3.8) is 0 Å². The maximum Gasteiger partial charge on any atom is 0.574 e. The lowest BCUT2D eigenvalue weighted by Crippen LogP contribution is -2.19. The van der Waals surface area contributed by atoms with E-state index in [2.05, 4.69) is 9.72 Å². The summed E-state index contributed by atoms with van der Waals surface area (Å²) in [5, 5.41) is 8.92. The number of rotatable bonds is 4. The van der Waals surface area contributed by atoms with Crippen molar-refractivity contribution < 1.29 is 27.8 Å². The summed E-state index contributed by atoms with van der Waals surface area (Å²) in [6.45, 7) is -0.655. The monoisotopic (exact) mass is 271 g/mol. The maximum absolute atomic E-state index is 12.1. The minimum atomic E-state index is -4.88. The van der Waals surface area contributed by atoms with Crippen LogP contribution in [0.1, 0.15) is 11.3 Å². The number of aromatic nitrogens is 1. The normalized spacial score (nSPS) is 11.4. The smallest absolute Gasteiger partial charge is 0.495 e. The zero-order chi connectivity index (χ0) is 13.1. The second kappa shape index (κ2) is 5.42. The molecule has 0 aliphatic carbocycles. The van der Waals surface area contributed by atoms with Crippen molar-refractivity contribution in [2.75, 3.05) is 7.11 Å². The van der Waals surface area contributed by atoms with Gasteiger partial charge in [0, 0.05) is 5.56 Å². The highest BCUT2D eigenvalue weighted by atomic mass is 35.5. The third kappa shape index (κ3) is 3.64. The first-order valence-corrected chi connectivity index (χ1v) is 4.94. The molecule has 1 aromatic rings. The van der Waals surface area contributed by atoms with Gasteiger partial charge in [0.05, 0.1) is 19.6 Å². The molecule has 0 bridgehead atoms. The number of ether oxygens (including phenoxy) is 2. The number of hydrogen-bond donors (Lipinski definition) is 1. The molecule has 0 atom stereocenters. The highest BCUT2D eigenvalue weighted by Gasteiger charge is 2.33. The van der Waals surface area contributed by atoms with Crippen LogP contribution in [0, 0.1) is 0 Å². The van der Waals surface area contributed by atoms with E-state index in [0.29, 0.717) is 0 Å². The predicted molar refractivity (Wildman–Crippen MR) is 53.0 cm³/mol. The molecule has 8 heteroatoms. The zero-order valence-corrected chi connectivity index (χ0v) is 9.47. The third-order valence-corrected chi connectivity index (χ3v) is 2.08. The Morgan fingerprint density at radius 1 is 1.47 bits per heavy atom. The van der Waals surface area contributed by atoms with Crippen LogP contribution in [-0.2, 0) is 12.5 Å². The molecule has 0 saturated carbocycles. The first-order chi connectivity index (χ1) is 7.91. The minimum Gasteiger partial charge on any atom is -0.495 e. The second-order valence-electron chi connectivity index (χ2n) is 2.94. The van der Waals surface area contributed by atoms with E-state index in [1.54, 1.807) is 0 Å². The van der Waals surface area contributed by atoms with E-state index in [9.17, 15) is 13.2 Å². The summed E-state index contributed by atoms with van der Waals surface area (Å²) in [5.74, 6) is -0.668. The molecule has 0 aliphatic heterocycles. The van der Waals surface area contributed by atoms with E-state index in [-0.39, 0.29) is 22.9 Å². The summed E-state index contributed by atoms with van der Waals surface area (Å²) >= 11 is 5.51. The average molecular weight is 272 g/mol. The van der Waals surface area contributed by atoms with Crippen molar-refractivity contribution in [1.82, 2.24) is 4.98 Å². The molecule has 0 unspecified atom stereocenters. The van der Waals surface area contributed by atoms with E-state index in [1.807, 2.05) is 0 Å². The molecule has 0 aliphatic rings. The van der Waals surface area contributed by atoms with Crippen molar-refractivity contribution in [2.24, 2.45) is 0 Å². The predicted octanol–water partition coefficient (Wildman–Crippen LogP) is 2.22. The first kappa shape index (κ1) is 13.9. The van der Waals surface area contributed by atoms with Crippen molar-refractivity contribution in [1.29, 1.82) is 0 Å². The molecule has 17 heavy (non-hydrogen) atoms. The maximum atomic E-state index is 12.1. The molecule has 0 saturated heterocycles. The Hall–Kier alpha value is -1.21. The number of halogens is 4. The number of pyridine rings is 1. The van der Waals surface area contributed by atoms with Crippen molar-refractivity contribution in [2.45, 2.75) is 18.8 Å². The molecule has 0 fully saturated rings. The Morgan fingerprint density at radius 2 is 2.12 bits per heavy atom. The van der Waals surface area contributed by atoms with E-state index in [1.165, 1.54) is 13.2 Å². The highest BCUT2D eigenvalue weighted by molar-refractivity contribution is 6.17. The van der Waals surface area contributed by atoms with E-state index in [4.69, 9.17) is 21.4 Å². The summed E-state index contributed by atoms with van der Waals surface area (Å²) in [7, 11) is 1.32. The van der Waals surface area contributed by atoms with Gasteiger partial charge in [0.25, 0.3) is 0 Å². The van der Waals surface area contributed by atoms with Gasteiger partial charge in [0.1, 0.15) is 11.4 Å². The standard InChI is InChI=1S/C9H9ClF3NO3/c1-16-7-2-5(4-15)8(14-6(7)3-10)17-9(11,12)13/h2,15H,3-4H2,1H3. The fraction of sp³-hybridized carbons (Fsp3) is 0.444. The SMILES string of the molecule is COc1cc(CO)c(OC(F)(F)F)nc1CCl. The van der Waals surface area contributed by atoms with Gasteiger partial charge in [-0.3, -0.25) is 0 Å². The van der Waals surface area contributed by atoms with E-state index < -0.39 is 18.8 Å². The number of hydrogen-bond acceptors (Lipinski definition) is 4. The molecule has 1 rings (SSSR count). The topological polar surface area (TPSA) is 51.6 Å². The Kier molecular flexibility index (Phi) is 4.41. The van der Waals surface area contributed by atoms with Crippen LogP contribution in [0.2, 0.25) is 0 Å². The largest absolute Gasteiger partial charge is 0.574 e. The van der Waals surface area contributed by atoms with E-state index >= 15 is 0 Å². The van der Waals surface area contributed by atoms with Gasteiger partial charge < -0.3 is 14.6 Å². The quantitative estimate of drug-likeness (QED) is 0.853. The molecule has 0 amide bonds. The molecular formula is C9H9ClF3NO3. The van der Waals surface area contributed by atoms with Gasteiger partial charge in [-0.1, -0.05) is 0 Å². The van der Waals surface area contributed by atoms with Crippen LogP contribution in [0.4, 0.5) is 13.2 Å². The Balaban J connectivity index is 3.19. The fourth-order valence-corrected chi connectivity index (χ4v) is 1.33. The van der Waals surface area contributed by atoms with Gasteiger partial charge in [-0.05, 0) is 6.07 Å². The fourth-order valence-electron chi connectivity index (χ4n) is 1.14. The summed E-state index contributed by atoms with van der Waals surface area (Å²) in [4.78, 5) is 3.56. The van der Waals surface area contributed by atoms with Crippen LogP contribution < -0.4 is 9.47 Å². The molecular weight excluding hydrogens is 263 g/mol. The number of aliphatic hydroxyl groups is 1. The van der Waals surface area contributed by atoms with Crippen LogP contribution in [-0.4, -0.2) is 23.6 Å². The van der Waals surface area contributed by atoms with Gasteiger partial charge in [0.2, 0.25) is 5.88 Å². The zero-order valence-electron chi connectivity index (χ0n) is 8.71. The van der Waals surface area contributed by atoms with Crippen LogP contribution in [0.3, 0.4) is 0 Å². The van der Waals surface area contributed by atoms with Gasteiger partial charge in [0.15, 0.2) is 0 Å². The van der Waals surface area contributed by atoms with Crippen molar-refractivity contribution in [3.8, 4) is 11.6 Å². The lowest BCUT2D eigenvalue weighted by molar-refractivity contribution is -0.276. The van der Waals surface area contributed by atoms with Gasteiger partial charge >= 0.3 is 6.36 Å². The van der Waals surface area contributed by atoms with Gasteiger partial charge in [-0.25, -0.2) is 4.98 Å². The summed E-state index contributed by atoms with van der Waals surface area (Å²) in [5.41, 5.74) is -0.0290. The summed E-state index contributed by atoms with van der Waals surface area (Å²) in [6, 6.07) is 1.20. The van der Waals surface area contributed by atoms with Crippen molar-refractivity contribution in [3.05, 3.63) is 17.3 Å². The molecule has 1 aromatic heterocycles. The highest BCUT2D eigenvalue weighted by Crippen LogP contribution is 2.30. The second-order valence-corrected chi connectivity index (χ2v) is 3.21. The van der Waals surface area contributed by atoms with Gasteiger partial charge in [-0.15, -0.1) is 24.8 Å². The average Bonchev–Trinajstić information content (AvgIpc) is 2.26. The molecule has 0 radical (unpaired) electrons. The van der Waals surface area contributed by atoms with Crippen LogP contribution in [0.15, 0.2) is 6.07 Å². The molecule has 0 aromatic carbocycles. The molecule has 4 nitrogen and oxygen atoms in total. The first-order valence-electron chi connectivity index (χ1n) is 4.40. The third-order valence-electron chi connectivity index (χ3n) is 1.83. The van der Waals surface area contributed by atoms with E-state index in [0.717, 1.165) is 0 Å². The Labute approximate surface area is 99.9 Å². The van der Waals surface area contributed by atoms with Crippen molar-refractivity contribution >= 4 is 11.6 Å². The number of methoxy groups -OCH3 is 1. The van der Waals surface area contributed by atoms with Gasteiger partial charge in [-0.2, -0.15) is 0 Å². The molecule has 96 valence electrons. The number of alkyl halides is 4. The summed E-state index contributed by atoms with van der Waals surface area (Å²) in [6.07, 6.45) is -4.88. The molecule has 1 N–H and O–H groups in total. The lowest BCUT2D eigenvalue weighted by Gasteiger charge is -2.14. The number of nitrogens with zero attached hydrogens (tertiary/aromatic N) is 1.